The predicted molar refractivity (Wildman–Crippen MR) is 101 cm³/mol. The van der Waals surface area contributed by atoms with Crippen LogP contribution in [0.2, 0.25) is 0 Å². The first kappa shape index (κ1) is 19.7. The molecule has 10 nitrogen and oxygen atoms in total. The average Bonchev–Trinajstić information content (AvgIpc) is 3.31. The second kappa shape index (κ2) is 7.52. The maximum Gasteiger partial charge on any atom is 0.322 e. The monoisotopic (exact) mass is 404 g/mol. The summed E-state index contributed by atoms with van der Waals surface area (Å²) in [4.78, 5) is 12.5. The Bertz CT molecular complexity index is 1080. The zero-order chi connectivity index (χ0) is 20.5. The van der Waals surface area contributed by atoms with Crippen LogP contribution < -0.4 is 5.32 Å². The Balaban J connectivity index is 1.77. The highest BCUT2D eigenvalue weighted by atomic mass is 32.2. The van der Waals surface area contributed by atoms with Crippen molar-refractivity contribution < 1.29 is 17.6 Å². The van der Waals surface area contributed by atoms with Gasteiger partial charge in [0.1, 0.15) is 5.69 Å². The van der Waals surface area contributed by atoms with Gasteiger partial charge in [-0.25, -0.2) is 12.7 Å². The maximum absolute atomic E-state index is 12.4. The fraction of sp³-hybridized carbons (Fsp3) is 0.294. The molecule has 0 spiro atoms. The van der Waals surface area contributed by atoms with Crippen LogP contribution in [-0.4, -0.2) is 52.7 Å². The summed E-state index contributed by atoms with van der Waals surface area (Å²) < 4.78 is 32.4. The van der Waals surface area contributed by atoms with E-state index in [1.54, 1.807) is 22.9 Å². The van der Waals surface area contributed by atoms with Gasteiger partial charge in [-0.3, -0.25) is 14.8 Å². The van der Waals surface area contributed by atoms with Gasteiger partial charge < -0.3 is 4.42 Å². The van der Waals surface area contributed by atoms with Gasteiger partial charge >= 0.3 is 6.01 Å². The SMILES string of the molecule is CC(C)n1nccc1C(=O)Nc1nnc(-c2ccc(S(=O)(=O)N(C)C)cc2)o1. The second-order valence-corrected chi connectivity index (χ2v) is 8.58. The lowest BCUT2D eigenvalue weighted by atomic mass is 10.2. The van der Waals surface area contributed by atoms with Crippen LogP contribution in [0.5, 0.6) is 0 Å². The molecule has 0 unspecified atom stereocenters. The summed E-state index contributed by atoms with van der Waals surface area (Å²) in [5.74, 6) is -0.268. The molecule has 0 aliphatic rings. The zero-order valence-electron chi connectivity index (χ0n) is 15.8. The minimum Gasteiger partial charge on any atom is -0.403 e. The van der Waals surface area contributed by atoms with E-state index in [1.807, 2.05) is 13.8 Å². The number of nitrogens with one attached hydrogen (secondary N) is 1. The van der Waals surface area contributed by atoms with E-state index in [9.17, 15) is 13.2 Å². The van der Waals surface area contributed by atoms with Crippen molar-refractivity contribution in [1.29, 1.82) is 0 Å². The lowest BCUT2D eigenvalue weighted by Crippen LogP contribution is -2.22. The van der Waals surface area contributed by atoms with Gasteiger partial charge in [0.05, 0.1) is 4.90 Å². The quantitative estimate of drug-likeness (QED) is 0.666. The Morgan fingerprint density at radius 2 is 1.82 bits per heavy atom. The highest BCUT2D eigenvalue weighted by molar-refractivity contribution is 7.89. The molecule has 3 aromatic rings. The van der Waals surface area contributed by atoms with Gasteiger partial charge in [0, 0.05) is 31.9 Å². The van der Waals surface area contributed by atoms with Crippen molar-refractivity contribution in [3.63, 3.8) is 0 Å². The molecule has 3 rings (SSSR count). The molecular formula is C17H20N6O4S. The summed E-state index contributed by atoms with van der Waals surface area (Å²) in [6.07, 6.45) is 1.54. The fourth-order valence-electron chi connectivity index (χ4n) is 2.44. The van der Waals surface area contributed by atoms with E-state index in [-0.39, 0.29) is 22.8 Å². The molecule has 0 bridgehead atoms. The average molecular weight is 404 g/mol. The number of hydrogen-bond acceptors (Lipinski definition) is 7. The van der Waals surface area contributed by atoms with E-state index < -0.39 is 15.9 Å². The standard InChI is InChI=1S/C17H20N6O4S/c1-11(2)23-14(9-10-18-23)15(24)19-17-21-20-16(27-17)12-5-7-13(8-6-12)28(25,26)22(3)4/h5-11H,1-4H3,(H,19,21,24). The van der Waals surface area contributed by atoms with Gasteiger partial charge in [-0.1, -0.05) is 5.10 Å². The molecule has 2 heterocycles. The summed E-state index contributed by atoms with van der Waals surface area (Å²) in [7, 11) is -0.602. The van der Waals surface area contributed by atoms with Gasteiger partial charge in [0.15, 0.2) is 0 Å². The molecule has 1 aromatic carbocycles. The van der Waals surface area contributed by atoms with Crippen molar-refractivity contribution in [2.24, 2.45) is 0 Å². The zero-order valence-corrected chi connectivity index (χ0v) is 16.6. The number of benzene rings is 1. The number of anilines is 1. The summed E-state index contributed by atoms with van der Waals surface area (Å²) in [6, 6.07) is 7.57. The van der Waals surface area contributed by atoms with E-state index in [4.69, 9.17) is 4.42 Å². The van der Waals surface area contributed by atoms with Crippen LogP contribution in [-0.2, 0) is 10.0 Å². The van der Waals surface area contributed by atoms with E-state index >= 15 is 0 Å². The van der Waals surface area contributed by atoms with E-state index in [0.29, 0.717) is 11.3 Å². The molecule has 0 saturated carbocycles. The third kappa shape index (κ3) is 3.80. The number of rotatable bonds is 6. The van der Waals surface area contributed by atoms with Crippen molar-refractivity contribution in [2.75, 3.05) is 19.4 Å². The highest BCUT2D eigenvalue weighted by Crippen LogP contribution is 2.23. The van der Waals surface area contributed by atoms with E-state index in [0.717, 1.165) is 4.31 Å². The molecule has 0 atom stereocenters. The first-order chi connectivity index (χ1) is 13.2. The molecule has 148 valence electrons. The lowest BCUT2D eigenvalue weighted by molar-refractivity contribution is 0.101. The molecule has 28 heavy (non-hydrogen) atoms. The Morgan fingerprint density at radius 1 is 1.14 bits per heavy atom. The summed E-state index contributed by atoms with van der Waals surface area (Å²) in [5.41, 5.74) is 0.894. The van der Waals surface area contributed by atoms with Crippen LogP contribution in [0.1, 0.15) is 30.4 Å². The molecule has 0 radical (unpaired) electrons. The number of hydrogen-bond donors (Lipinski definition) is 1. The highest BCUT2D eigenvalue weighted by Gasteiger charge is 2.19. The third-order valence-corrected chi connectivity index (χ3v) is 5.75. The van der Waals surface area contributed by atoms with Gasteiger partial charge in [-0.15, -0.1) is 5.10 Å². The number of aromatic nitrogens is 4. The Kier molecular flexibility index (Phi) is 5.29. The van der Waals surface area contributed by atoms with Gasteiger partial charge in [0.25, 0.3) is 5.91 Å². The van der Waals surface area contributed by atoms with Gasteiger partial charge in [0.2, 0.25) is 15.9 Å². The Morgan fingerprint density at radius 3 is 2.43 bits per heavy atom. The third-order valence-electron chi connectivity index (χ3n) is 3.92. The van der Waals surface area contributed by atoms with Crippen LogP contribution in [0.25, 0.3) is 11.5 Å². The van der Waals surface area contributed by atoms with Crippen molar-refractivity contribution in [3.8, 4) is 11.5 Å². The smallest absolute Gasteiger partial charge is 0.322 e. The van der Waals surface area contributed by atoms with Crippen molar-refractivity contribution >= 4 is 21.9 Å². The molecule has 1 amide bonds. The van der Waals surface area contributed by atoms with Crippen LogP contribution >= 0.6 is 0 Å². The second-order valence-electron chi connectivity index (χ2n) is 6.43. The van der Waals surface area contributed by atoms with Gasteiger partial charge in [-0.05, 0) is 44.2 Å². The summed E-state index contributed by atoms with van der Waals surface area (Å²) in [5, 5.41) is 14.3. The molecular weight excluding hydrogens is 384 g/mol. The number of carbonyl (C=O) groups excluding carboxylic acids is 1. The first-order valence-corrected chi connectivity index (χ1v) is 9.85. The molecule has 0 fully saturated rings. The van der Waals surface area contributed by atoms with Crippen molar-refractivity contribution in [3.05, 3.63) is 42.2 Å². The number of amides is 1. The minimum atomic E-state index is -3.52. The number of sulfonamides is 1. The predicted octanol–water partition coefficient (Wildman–Crippen LogP) is 2.02. The molecule has 1 N–H and O–H groups in total. The fourth-order valence-corrected chi connectivity index (χ4v) is 3.34. The minimum absolute atomic E-state index is 0.0194. The van der Waals surface area contributed by atoms with Crippen LogP contribution in [0.15, 0.2) is 45.8 Å². The summed E-state index contributed by atoms with van der Waals surface area (Å²) in [6.45, 7) is 3.82. The van der Waals surface area contributed by atoms with E-state index in [1.165, 1.54) is 32.4 Å². The molecule has 0 aliphatic heterocycles. The van der Waals surface area contributed by atoms with Crippen LogP contribution in [0.3, 0.4) is 0 Å². The maximum atomic E-state index is 12.4. The van der Waals surface area contributed by atoms with Crippen molar-refractivity contribution in [2.45, 2.75) is 24.8 Å². The largest absolute Gasteiger partial charge is 0.403 e. The molecule has 0 aliphatic carbocycles. The van der Waals surface area contributed by atoms with Gasteiger partial charge in [-0.2, -0.15) is 5.10 Å². The number of carbonyl (C=O) groups is 1. The Labute approximate surface area is 162 Å². The Hall–Kier alpha value is -3.05. The molecule has 11 heteroatoms. The number of nitrogens with zero attached hydrogens (tertiary/aromatic N) is 5. The normalized spacial score (nSPS) is 11.9. The summed E-state index contributed by atoms with van der Waals surface area (Å²) >= 11 is 0. The van der Waals surface area contributed by atoms with Crippen molar-refractivity contribution in [1.82, 2.24) is 24.3 Å². The van der Waals surface area contributed by atoms with E-state index in [2.05, 4.69) is 20.6 Å². The lowest BCUT2D eigenvalue weighted by Gasteiger charge is -2.11. The molecule has 0 saturated heterocycles. The topological polar surface area (TPSA) is 123 Å². The molecule has 2 aromatic heterocycles. The van der Waals surface area contributed by atoms with Crippen LogP contribution in [0, 0.1) is 0 Å². The first-order valence-electron chi connectivity index (χ1n) is 8.41. The van der Waals surface area contributed by atoms with Crippen LogP contribution in [0.4, 0.5) is 6.01 Å².